The maximum Gasteiger partial charge on any atom is 0.261 e. The van der Waals surface area contributed by atoms with Crippen LogP contribution < -0.4 is 10.0 Å². The third-order valence-electron chi connectivity index (χ3n) is 3.42. The molecule has 2 aromatic rings. The van der Waals surface area contributed by atoms with Crippen LogP contribution in [0.25, 0.3) is 0 Å². The number of nitrogens with one attached hydrogen (secondary N) is 2. The Bertz CT molecular complexity index is 777. The van der Waals surface area contributed by atoms with Crippen LogP contribution in [0.15, 0.2) is 47.4 Å². The quantitative estimate of drug-likeness (QED) is 0.715. The number of sulfonamides is 1. The fraction of sp³-hybridized carbons (Fsp3) is 0.294. The molecule has 130 valence electrons. The topological polar surface area (TPSA) is 67.4 Å². The molecule has 5 nitrogen and oxygen atoms in total. The summed E-state index contributed by atoms with van der Waals surface area (Å²) in [6, 6.07) is 10.7. The summed E-state index contributed by atoms with van der Waals surface area (Å²) in [4.78, 5) is 0.127. The molecular weight excluding hydrogens is 331 g/mol. The van der Waals surface area contributed by atoms with Gasteiger partial charge in [0.1, 0.15) is 5.82 Å². The van der Waals surface area contributed by atoms with Crippen molar-refractivity contribution in [2.45, 2.75) is 18.2 Å². The van der Waals surface area contributed by atoms with Gasteiger partial charge in [0.15, 0.2) is 0 Å². The van der Waals surface area contributed by atoms with E-state index < -0.39 is 15.8 Å². The normalized spacial score (nSPS) is 11.3. The molecule has 0 aliphatic carbocycles. The SMILES string of the molecule is COCCCNc1c(F)cccc1NS(=O)(=O)c1ccc(C)cc1. The van der Waals surface area contributed by atoms with E-state index in [4.69, 9.17) is 4.74 Å². The number of methoxy groups -OCH3 is 1. The second kappa shape index (κ2) is 8.12. The zero-order chi connectivity index (χ0) is 17.6. The Kier molecular flexibility index (Phi) is 6.16. The molecule has 2 rings (SSSR count). The van der Waals surface area contributed by atoms with E-state index in [0.29, 0.717) is 19.6 Å². The Morgan fingerprint density at radius 1 is 1.12 bits per heavy atom. The summed E-state index contributed by atoms with van der Waals surface area (Å²) < 4.78 is 46.4. The first kappa shape index (κ1) is 18.2. The van der Waals surface area contributed by atoms with Crippen LogP contribution in [0, 0.1) is 12.7 Å². The summed E-state index contributed by atoms with van der Waals surface area (Å²) in [6.07, 6.45) is 0.676. The van der Waals surface area contributed by atoms with Crippen molar-refractivity contribution in [2.75, 3.05) is 30.3 Å². The predicted molar refractivity (Wildman–Crippen MR) is 93.4 cm³/mol. The highest BCUT2D eigenvalue weighted by atomic mass is 32.2. The Morgan fingerprint density at radius 2 is 1.83 bits per heavy atom. The predicted octanol–water partition coefficient (Wildman–Crippen LogP) is 3.38. The van der Waals surface area contributed by atoms with Gasteiger partial charge < -0.3 is 10.1 Å². The molecule has 0 saturated heterocycles. The minimum atomic E-state index is -3.79. The van der Waals surface area contributed by atoms with Gasteiger partial charge in [0, 0.05) is 20.3 Å². The molecule has 0 aromatic heterocycles. The van der Waals surface area contributed by atoms with Crippen LogP contribution in [0.1, 0.15) is 12.0 Å². The van der Waals surface area contributed by atoms with E-state index in [9.17, 15) is 12.8 Å². The molecule has 0 atom stereocenters. The molecule has 7 heteroatoms. The monoisotopic (exact) mass is 352 g/mol. The Labute approximate surface area is 141 Å². The highest BCUT2D eigenvalue weighted by Crippen LogP contribution is 2.27. The van der Waals surface area contributed by atoms with Crippen LogP contribution >= 0.6 is 0 Å². The lowest BCUT2D eigenvalue weighted by atomic mass is 10.2. The number of benzene rings is 2. The van der Waals surface area contributed by atoms with Gasteiger partial charge in [0.25, 0.3) is 10.0 Å². The van der Waals surface area contributed by atoms with Gasteiger partial charge in [0.05, 0.1) is 16.3 Å². The molecule has 0 fully saturated rings. The Hall–Kier alpha value is -2.12. The molecule has 0 aliphatic heterocycles. The average molecular weight is 352 g/mol. The number of hydrogen-bond donors (Lipinski definition) is 2. The first-order valence-corrected chi connectivity index (χ1v) is 9.03. The van der Waals surface area contributed by atoms with E-state index in [1.54, 1.807) is 19.2 Å². The molecule has 0 aliphatic rings. The van der Waals surface area contributed by atoms with Crippen LogP contribution in [0.3, 0.4) is 0 Å². The van der Waals surface area contributed by atoms with E-state index in [2.05, 4.69) is 10.0 Å². The highest BCUT2D eigenvalue weighted by Gasteiger charge is 2.17. The standard InChI is InChI=1S/C17H21FN2O3S/c1-13-7-9-14(10-8-13)24(21,22)20-16-6-3-5-15(18)17(16)19-11-4-12-23-2/h3,5-10,19-20H,4,11-12H2,1-2H3. The molecule has 0 unspecified atom stereocenters. The van der Waals surface area contributed by atoms with Crippen LogP contribution in [0.2, 0.25) is 0 Å². The van der Waals surface area contributed by atoms with Gasteiger partial charge in [-0.1, -0.05) is 23.8 Å². The molecule has 2 aromatic carbocycles. The van der Waals surface area contributed by atoms with E-state index in [1.165, 1.54) is 30.3 Å². The molecule has 0 heterocycles. The number of ether oxygens (including phenoxy) is 1. The van der Waals surface area contributed by atoms with Crippen molar-refractivity contribution in [3.05, 3.63) is 53.8 Å². The third kappa shape index (κ3) is 4.69. The number of rotatable bonds is 8. The van der Waals surface area contributed by atoms with E-state index in [-0.39, 0.29) is 16.3 Å². The lowest BCUT2D eigenvalue weighted by Crippen LogP contribution is -2.16. The first-order chi connectivity index (χ1) is 11.4. The van der Waals surface area contributed by atoms with Crippen molar-refractivity contribution in [1.82, 2.24) is 0 Å². The second-order valence-electron chi connectivity index (χ2n) is 5.35. The lowest BCUT2D eigenvalue weighted by Gasteiger charge is -2.15. The fourth-order valence-electron chi connectivity index (χ4n) is 2.14. The summed E-state index contributed by atoms with van der Waals surface area (Å²) >= 11 is 0. The third-order valence-corrected chi connectivity index (χ3v) is 4.80. The molecule has 2 N–H and O–H groups in total. The summed E-state index contributed by atoms with van der Waals surface area (Å²) in [7, 11) is -2.20. The van der Waals surface area contributed by atoms with Crippen molar-refractivity contribution in [2.24, 2.45) is 0 Å². The van der Waals surface area contributed by atoms with Crippen LogP contribution in [0.4, 0.5) is 15.8 Å². The summed E-state index contributed by atoms with van der Waals surface area (Å²) in [6.45, 7) is 2.87. The maximum atomic E-state index is 14.1. The first-order valence-electron chi connectivity index (χ1n) is 7.55. The summed E-state index contributed by atoms with van der Waals surface area (Å²) in [5.41, 5.74) is 1.26. The van der Waals surface area contributed by atoms with Gasteiger partial charge in [-0.3, -0.25) is 4.72 Å². The number of anilines is 2. The van der Waals surface area contributed by atoms with Crippen molar-refractivity contribution in [1.29, 1.82) is 0 Å². The number of aryl methyl sites for hydroxylation is 1. The lowest BCUT2D eigenvalue weighted by molar-refractivity contribution is 0.198. The second-order valence-corrected chi connectivity index (χ2v) is 7.04. The molecule has 0 saturated carbocycles. The molecular formula is C17H21FN2O3S. The van der Waals surface area contributed by atoms with Crippen LogP contribution in [-0.2, 0) is 14.8 Å². The molecule has 0 bridgehead atoms. The number of hydrogen-bond acceptors (Lipinski definition) is 4. The van der Waals surface area contributed by atoms with Crippen molar-refractivity contribution in [3.8, 4) is 0 Å². The van der Waals surface area contributed by atoms with E-state index >= 15 is 0 Å². The van der Waals surface area contributed by atoms with Crippen LogP contribution in [-0.4, -0.2) is 28.7 Å². The van der Waals surface area contributed by atoms with Crippen molar-refractivity contribution in [3.63, 3.8) is 0 Å². The molecule has 24 heavy (non-hydrogen) atoms. The summed E-state index contributed by atoms with van der Waals surface area (Å²) in [5, 5.41) is 2.92. The largest absolute Gasteiger partial charge is 0.385 e. The number of para-hydroxylation sites is 1. The highest BCUT2D eigenvalue weighted by molar-refractivity contribution is 7.92. The van der Waals surface area contributed by atoms with Crippen molar-refractivity contribution >= 4 is 21.4 Å². The summed E-state index contributed by atoms with van der Waals surface area (Å²) in [5.74, 6) is -0.517. The van der Waals surface area contributed by atoms with Gasteiger partial charge in [0.2, 0.25) is 0 Å². The van der Waals surface area contributed by atoms with Gasteiger partial charge in [-0.2, -0.15) is 0 Å². The Balaban J connectivity index is 2.22. The van der Waals surface area contributed by atoms with E-state index in [0.717, 1.165) is 5.56 Å². The van der Waals surface area contributed by atoms with Gasteiger partial charge in [-0.15, -0.1) is 0 Å². The van der Waals surface area contributed by atoms with E-state index in [1.807, 2.05) is 6.92 Å². The van der Waals surface area contributed by atoms with Gasteiger partial charge >= 0.3 is 0 Å². The average Bonchev–Trinajstić information content (AvgIpc) is 2.54. The van der Waals surface area contributed by atoms with Crippen molar-refractivity contribution < 1.29 is 17.5 Å². The molecule has 0 radical (unpaired) electrons. The maximum absolute atomic E-state index is 14.1. The number of halogens is 1. The van der Waals surface area contributed by atoms with Gasteiger partial charge in [-0.05, 0) is 37.6 Å². The molecule has 0 amide bonds. The zero-order valence-electron chi connectivity index (χ0n) is 13.7. The zero-order valence-corrected chi connectivity index (χ0v) is 14.5. The molecule has 0 spiro atoms. The minimum absolute atomic E-state index is 0.127. The van der Waals surface area contributed by atoms with Crippen LogP contribution in [0.5, 0.6) is 0 Å². The Morgan fingerprint density at radius 3 is 2.50 bits per heavy atom. The fourth-order valence-corrected chi connectivity index (χ4v) is 3.21. The van der Waals surface area contributed by atoms with Gasteiger partial charge in [-0.25, -0.2) is 12.8 Å². The minimum Gasteiger partial charge on any atom is -0.385 e. The smallest absolute Gasteiger partial charge is 0.261 e.